The van der Waals surface area contributed by atoms with Gasteiger partial charge >= 0.3 is 6.03 Å². The van der Waals surface area contributed by atoms with E-state index in [1.807, 2.05) is 25.1 Å². The fraction of sp³-hybridized carbons (Fsp3) is 0.611. The van der Waals surface area contributed by atoms with Crippen molar-refractivity contribution in [3.63, 3.8) is 0 Å². The van der Waals surface area contributed by atoms with Gasteiger partial charge in [-0.3, -0.25) is 0 Å². The van der Waals surface area contributed by atoms with Gasteiger partial charge in [-0.25, -0.2) is 4.79 Å². The van der Waals surface area contributed by atoms with Crippen LogP contribution in [0.2, 0.25) is 0 Å². The molecule has 0 radical (unpaired) electrons. The SMILES string of the molecule is CC(NC(=O)N(C)CC1CCCC1O)C1COc2ccccc21. The summed E-state index contributed by atoms with van der Waals surface area (Å²) >= 11 is 0. The Labute approximate surface area is 137 Å². The molecule has 4 atom stereocenters. The predicted octanol–water partition coefficient (Wildman–Crippen LogP) is 2.35. The third kappa shape index (κ3) is 3.44. The Kier molecular flexibility index (Phi) is 4.76. The topological polar surface area (TPSA) is 61.8 Å². The van der Waals surface area contributed by atoms with Crippen LogP contribution in [0.4, 0.5) is 4.79 Å². The first-order valence-corrected chi connectivity index (χ1v) is 8.47. The van der Waals surface area contributed by atoms with Crippen LogP contribution in [0.1, 0.15) is 37.7 Å². The fourth-order valence-corrected chi connectivity index (χ4v) is 3.67. The van der Waals surface area contributed by atoms with Crippen LogP contribution < -0.4 is 10.1 Å². The van der Waals surface area contributed by atoms with E-state index in [1.54, 1.807) is 11.9 Å². The molecule has 0 spiro atoms. The summed E-state index contributed by atoms with van der Waals surface area (Å²) in [5.74, 6) is 1.30. The lowest BCUT2D eigenvalue weighted by Crippen LogP contribution is -2.46. The molecule has 126 valence electrons. The molecule has 1 aromatic rings. The summed E-state index contributed by atoms with van der Waals surface area (Å²) in [6, 6.07) is 7.92. The molecule has 1 saturated carbocycles. The van der Waals surface area contributed by atoms with Crippen molar-refractivity contribution in [3.8, 4) is 5.75 Å². The maximum absolute atomic E-state index is 12.4. The number of amides is 2. The lowest BCUT2D eigenvalue weighted by Gasteiger charge is -2.27. The highest BCUT2D eigenvalue weighted by Gasteiger charge is 2.31. The minimum Gasteiger partial charge on any atom is -0.493 e. The van der Waals surface area contributed by atoms with Crippen LogP contribution >= 0.6 is 0 Å². The van der Waals surface area contributed by atoms with Gasteiger partial charge in [0.1, 0.15) is 5.75 Å². The van der Waals surface area contributed by atoms with Crippen molar-refractivity contribution in [1.82, 2.24) is 10.2 Å². The molecular formula is C18H26N2O3. The number of aliphatic hydroxyl groups is 1. The second-order valence-corrected chi connectivity index (χ2v) is 6.83. The number of carbonyl (C=O) groups is 1. The molecule has 23 heavy (non-hydrogen) atoms. The number of benzene rings is 1. The smallest absolute Gasteiger partial charge is 0.317 e. The second kappa shape index (κ2) is 6.79. The number of ether oxygens (including phenoxy) is 1. The quantitative estimate of drug-likeness (QED) is 0.896. The molecule has 3 rings (SSSR count). The Morgan fingerprint density at radius 3 is 2.96 bits per heavy atom. The van der Waals surface area contributed by atoms with Crippen molar-refractivity contribution in [2.24, 2.45) is 5.92 Å². The largest absolute Gasteiger partial charge is 0.493 e. The normalized spacial score (nSPS) is 27.2. The monoisotopic (exact) mass is 318 g/mol. The maximum Gasteiger partial charge on any atom is 0.317 e. The number of nitrogens with zero attached hydrogens (tertiary/aromatic N) is 1. The zero-order chi connectivity index (χ0) is 16.4. The third-order valence-electron chi connectivity index (χ3n) is 5.17. The molecule has 0 aromatic heterocycles. The van der Waals surface area contributed by atoms with Crippen LogP contribution in [-0.2, 0) is 0 Å². The van der Waals surface area contributed by atoms with Crippen LogP contribution in [0, 0.1) is 5.92 Å². The molecule has 1 aromatic carbocycles. The molecular weight excluding hydrogens is 292 g/mol. The van der Waals surface area contributed by atoms with Gasteiger partial charge < -0.3 is 20.1 Å². The third-order valence-corrected chi connectivity index (χ3v) is 5.17. The Balaban J connectivity index is 1.55. The zero-order valence-electron chi connectivity index (χ0n) is 13.9. The van der Waals surface area contributed by atoms with E-state index in [-0.39, 0.29) is 30.0 Å². The van der Waals surface area contributed by atoms with Crippen LogP contribution in [-0.4, -0.2) is 48.4 Å². The van der Waals surface area contributed by atoms with Crippen LogP contribution in [0.15, 0.2) is 24.3 Å². The average Bonchev–Trinajstić information content (AvgIpc) is 3.14. The van der Waals surface area contributed by atoms with Crippen LogP contribution in [0.3, 0.4) is 0 Å². The summed E-state index contributed by atoms with van der Waals surface area (Å²) in [7, 11) is 1.80. The molecule has 1 aliphatic carbocycles. The van der Waals surface area contributed by atoms with Gasteiger partial charge in [-0.05, 0) is 25.8 Å². The van der Waals surface area contributed by atoms with Gasteiger partial charge in [0.25, 0.3) is 0 Å². The Hall–Kier alpha value is -1.75. The summed E-state index contributed by atoms with van der Waals surface area (Å²) in [6.07, 6.45) is 2.64. The van der Waals surface area contributed by atoms with E-state index in [0.717, 1.165) is 30.6 Å². The molecule has 1 heterocycles. The predicted molar refractivity (Wildman–Crippen MR) is 88.6 cm³/mol. The molecule has 4 unspecified atom stereocenters. The number of rotatable bonds is 4. The summed E-state index contributed by atoms with van der Waals surface area (Å²) in [6.45, 7) is 3.23. The molecule has 1 fully saturated rings. The van der Waals surface area contributed by atoms with Gasteiger partial charge in [0, 0.05) is 37.0 Å². The van der Waals surface area contributed by atoms with Crippen LogP contribution in [0.25, 0.3) is 0 Å². The Bertz CT molecular complexity index is 563. The highest BCUT2D eigenvalue weighted by atomic mass is 16.5. The van der Waals surface area contributed by atoms with Crippen molar-refractivity contribution >= 4 is 6.03 Å². The first-order valence-electron chi connectivity index (χ1n) is 8.47. The first kappa shape index (κ1) is 16.1. The number of carbonyl (C=O) groups excluding carboxylic acids is 1. The lowest BCUT2D eigenvalue weighted by atomic mass is 9.94. The van der Waals surface area contributed by atoms with E-state index in [2.05, 4.69) is 11.4 Å². The number of urea groups is 1. The molecule has 2 N–H and O–H groups in total. The van der Waals surface area contributed by atoms with E-state index in [1.165, 1.54) is 0 Å². The highest BCUT2D eigenvalue weighted by molar-refractivity contribution is 5.74. The minimum atomic E-state index is -0.266. The summed E-state index contributed by atoms with van der Waals surface area (Å²) in [5.41, 5.74) is 1.16. The Morgan fingerprint density at radius 1 is 1.43 bits per heavy atom. The molecule has 2 amide bonds. The maximum atomic E-state index is 12.4. The lowest BCUT2D eigenvalue weighted by molar-refractivity contribution is 0.113. The number of fused-ring (bicyclic) bond motifs is 1. The van der Waals surface area contributed by atoms with E-state index >= 15 is 0 Å². The van der Waals surface area contributed by atoms with E-state index in [0.29, 0.717) is 13.2 Å². The van der Waals surface area contributed by atoms with Crippen molar-refractivity contribution in [3.05, 3.63) is 29.8 Å². The van der Waals surface area contributed by atoms with Gasteiger partial charge in [-0.15, -0.1) is 0 Å². The van der Waals surface area contributed by atoms with Crippen LogP contribution in [0.5, 0.6) is 5.75 Å². The first-order chi connectivity index (χ1) is 11.1. The van der Waals surface area contributed by atoms with Gasteiger partial charge in [0.15, 0.2) is 0 Å². The van der Waals surface area contributed by atoms with Crippen molar-refractivity contribution in [1.29, 1.82) is 0 Å². The summed E-state index contributed by atoms with van der Waals surface area (Å²) < 4.78 is 5.70. The molecule has 0 bridgehead atoms. The second-order valence-electron chi connectivity index (χ2n) is 6.83. The minimum absolute atomic E-state index is 0.00195. The summed E-state index contributed by atoms with van der Waals surface area (Å²) in [5, 5.41) is 13.0. The van der Waals surface area contributed by atoms with E-state index in [9.17, 15) is 9.90 Å². The number of para-hydroxylation sites is 1. The molecule has 0 saturated heterocycles. The standard InChI is InChI=1S/C18H26N2O3/c1-12(15-11-23-17-9-4-3-7-14(15)17)19-18(22)20(2)10-13-6-5-8-16(13)21/h3-4,7,9,12-13,15-16,21H,5-6,8,10-11H2,1-2H3,(H,19,22). The highest BCUT2D eigenvalue weighted by Crippen LogP contribution is 2.35. The zero-order valence-corrected chi connectivity index (χ0v) is 13.9. The molecule has 1 aliphatic heterocycles. The van der Waals surface area contributed by atoms with Crippen molar-refractivity contribution in [2.45, 2.75) is 44.2 Å². The van der Waals surface area contributed by atoms with Crippen molar-refractivity contribution in [2.75, 3.05) is 20.2 Å². The molecule has 5 heteroatoms. The van der Waals surface area contributed by atoms with Gasteiger partial charge in [0.05, 0.1) is 12.7 Å². The van der Waals surface area contributed by atoms with E-state index < -0.39 is 0 Å². The average molecular weight is 318 g/mol. The van der Waals surface area contributed by atoms with Crippen molar-refractivity contribution < 1.29 is 14.6 Å². The number of nitrogens with one attached hydrogen (secondary N) is 1. The van der Waals surface area contributed by atoms with Gasteiger partial charge in [0.2, 0.25) is 0 Å². The fourth-order valence-electron chi connectivity index (χ4n) is 3.67. The number of aliphatic hydroxyl groups excluding tert-OH is 1. The van der Waals surface area contributed by atoms with Gasteiger partial charge in [-0.2, -0.15) is 0 Å². The van der Waals surface area contributed by atoms with Gasteiger partial charge in [-0.1, -0.05) is 24.6 Å². The molecule has 5 nitrogen and oxygen atoms in total. The summed E-state index contributed by atoms with van der Waals surface area (Å²) in [4.78, 5) is 14.1. The molecule has 2 aliphatic rings. The number of hydrogen-bond acceptors (Lipinski definition) is 3. The number of hydrogen-bond donors (Lipinski definition) is 2. The van der Waals surface area contributed by atoms with E-state index in [4.69, 9.17) is 4.74 Å². The Morgan fingerprint density at radius 2 is 2.22 bits per heavy atom.